The maximum absolute atomic E-state index is 13.7. The topological polar surface area (TPSA) is 124 Å². The van der Waals surface area contributed by atoms with Crippen molar-refractivity contribution >= 4 is 50.6 Å². The third-order valence-electron chi connectivity index (χ3n) is 7.64. The molecule has 2 heterocycles. The van der Waals surface area contributed by atoms with Gasteiger partial charge in [-0.1, -0.05) is 6.07 Å². The van der Waals surface area contributed by atoms with Crippen molar-refractivity contribution in [2.45, 2.75) is 0 Å². The van der Waals surface area contributed by atoms with Crippen LogP contribution in [-0.2, 0) is 15.7 Å². The smallest absolute Gasteiger partial charge is 0.337 e. The number of aromatic nitrogens is 1. The predicted octanol–water partition coefficient (Wildman–Crippen LogP) is 6.60. The van der Waals surface area contributed by atoms with E-state index in [-0.39, 0.29) is 17.2 Å². The molecule has 0 fully saturated rings. The number of fused-ring (bicyclic) bond motifs is 2. The second kappa shape index (κ2) is 12.1. The summed E-state index contributed by atoms with van der Waals surface area (Å²) in [6.45, 7) is 0. The predicted molar refractivity (Wildman–Crippen MR) is 174 cm³/mol. The monoisotopic (exact) mass is 641 g/mol. The fourth-order valence-electron chi connectivity index (χ4n) is 5.25. The van der Waals surface area contributed by atoms with Crippen molar-refractivity contribution in [2.75, 3.05) is 38.9 Å². The van der Waals surface area contributed by atoms with Gasteiger partial charge >= 0.3 is 5.97 Å². The number of oxazole rings is 1. The third-order valence-corrected chi connectivity index (χ3v) is 8.61. The molecule has 0 radical (unpaired) electrons. The zero-order valence-corrected chi connectivity index (χ0v) is 26.3. The lowest BCUT2D eigenvalue weighted by Crippen LogP contribution is -2.20. The van der Waals surface area contributed by atoms with Crippen molar-refractivity contribution in [3.05, 3.63) is 89.7 Å². The molecule has 0 aliphatic carbocycles. The molecule has 0 bridgehead atoms. The van der Waals surface area contributed by atoms with Gasteiger partial charge in [0.1, 0.15) is 39.4 Å². The number of esters is 1. The Labute approximate surface area is 265 Å². The lowest BCUT2D eigenvalue weighted by Gasteiger charge is -2.20. The lowest BCUT2D eigenvalue weighted by atomic mass is 9.97. The zero-order chi connectivity index (χ0) is 32.7. The normalized spacial score (nSPS) is 11.9. The Balaban J connectivity index is 1.58. The number of hydrogen-bond acceptors (Lipinski definition) is 8. The van der Waals surface area contributed by atoms with E-state index in [2.05, 4.69) is 10.3 Å². The fraction of sp³-hybridized carbons (Fsp3) is 0.147. The summed E-state index contributed by atoms with van der Waals surface area (Å²) in [5, 5.41) is 3.17. The summed E-state index contributed by atoms with van der Waals surface area (Å²) in [4.78, 5) is 29.9. The summed E-state index contributed by atoms with van der Waals surface area (Å²) in [5.74, 6) is -0.311. The van der Waals surface area contributed by atoms with Gasteiger partial charge in [-0.2, -0.15) is 0 Å². The Morgan fingerprint density at radius 1 is 0.913 bits per heavy atom. The van der Waals surface area contributed by atoms with Crippen LogP contribution in [0.25, 0.3) is 56.0 Å². The van der Waals surface area contributed by atoms with Gasteiger partial charge in [-0.25, -0.2) is 18.4 Å². The van der Waals surface area contributed by atoms with E-state index in [1.807, 2.05) is 12.1 Å². The largest absolute Gasteiger partial charge is 0.496 e. The lowest BCUT2D eigenvalue weighted by molar-refractivity contribution is 0.0600. The van der Waals surface area contributed by atoms with Crippen LogP contribution < -0.4 is 14.4 Å². The minimum atomic E-state index is -1.42. The van der Waals surface area contributed by atoms with E-state index in [1.54, 1.807) is 66.1 Å². The SMILES string of the molecule is CNC(=O)c1c(-c2ccc(F)cc2)oc2cc(N(C)S(C)=O)c(-c3ccc(OC)c(-c4nc5cc(C(=O)OC)ccc5o4)c3)cc12. The molecule has 46 heavy (non-hydrogen) atoms. The number of amides is 1. The Morgan fingerprint density at radius 2 is 1.65 bits per heavy atom. The van der Waals surface area contributed by atoms with Crippen LogP contribution in [0.1, 0.15) is 20.7 Å². The first kappa shape index (κ1) is 30.5. The van der Waals surface area contributed by atoms with Crippen molar-refractivity contribution in [1.82, 2.24) is 10.3 Å². The molecule has 0 aliphatic heterocycles. The summed E-state index contributed by atoms with van der Waals surface area (Å²) < 4.78 is 50.9. The van der Waals surface area contributed by atoms with Crippen LogP contribution in [0.3, 0.4) is 0 Å². The van der Waals surface area contributed by atoms with Gasteiger partial charge in [0, 0.05) is 42.9 Å². The van der Waals surface area contributed by atoms with Gasteiger partial charge in [0.15, 0.2) is 5.58 Å². The summed E-state index contributed by atoms with van der Waals surface area (Å²) in [5.41, 5.74) is 4.80. The Bertz CT molecular complexity index is 2170. The standard InChI is InChI=1S/C34H28FN3O7S/c1-36-32(39)30-23-16-22(26(38(2)46(5)41)17-29(23)44-31(30)18-6-10-21(35)11-7-18)19-8-12-27(42-3)24(14-19)33-37-25-15-20(34(40)43-4)9-13-28(25)45-33/h6-17H,1-5H3,(H,36,39). The van der Waals surface area contributed by atoms with E-state index in [0.29, 0.717) is 61.3 Å². The number of anilines is 1. The molecule has 1 N–H and O–H groups in total. The molecule has 12 heteroatoms. The Kier molecular flexibility index (Phi) is 8.05. The molecule has 10 nitrogen and oxygen atoms in total. The average molecular weight is 642 g/mol. The highest BCUT2D eigenvalue weighted by Gasteiger charge is 2.26. The maximum Gasteiger partial charge on any atom is 0.337 e. The first-order chi connectivity index (χ1) is 22.1. The minimum Gasteiger partial charge on any atom is -0.496 e. The molecule has 1 amide bonds. The molecule has 0 spiro atoms. The Morgan fingerprint density at radius 3 is 2.33 bits per heavy atom. The van der Waals surface area contributed by atoms with E-state index < -0.39 is 28.7 Å². The number of furan rings is 1. The van der Waals surface area contributed by atoms with Crippen LogP contribution in [-0.4, -0.2) is 55.6 Å². The zero-order valence-electron chi connectivity index (χ0n) is 25.5. The van der Waals surface area contributed by atoms with Gasteiger partial charge in [0.2, 0.25) is 5.89 Å². The number of methoxy groups -OCH3 is 2. The number of benzene rings is 4. The Hall–Kier alpha value is -5.49. The number of halogens is 1. The van der Waals surface area contributed by atoms with E-state index >= 15 is 0 Å². The van der Waals surface area contributed by atoms with Gasteiger partial charge in [-0.15, -0.1) is 0 Å². The fourth-order valence-corrected chi connectivity index (χ4v) is 5.68. The highest BCUT2D eigenvalue weighted by atomic mass is 32.2. The summed E-state index contributed by atoms with van der Waals surface area (Å²) >= 11 is 0. The van der Waals surface area contributed by atoms with Crippen LogP contribution >= 0.6 is 0 Å². The van der Waals surface area contributed by atoms with Crippen LogP contribution in [0.5, 0.6) is 5.75 Å². The van der Waals surface area contributed by atoms with Crippen molar-refractivity contribution in [2.24, 2.45) is 0 Å². The molecule has 0 saturated heterocycles. The summed E-state index contributed by atoms with van der Waals surface area (Å²) in [6.07, 6.45) is 1.55. The highest BCUT2D eigenvalue weighted by Crippen LogP contribution is 2.43. The third kappa shape index (κ3) is 5.36. The number of rotatable bonds is 8. The van der Waals surface area contributed by atoms with Crippen LogP contribution in [0.15, 0.2) is 81.6 Å². The van der Waals surface area contributed by atoms with Gasteiger partial charge in [0.25, 0.3) is 5.91 Å². The molecular weight excluding hydrogens is 613 g/mol. The molecule has 6 aromatic rings. The van der Waals surface area contributed by atoms with Crippen molar-refractivity contribution in [3.63, 3.8) is 0 Å². The number of ether oxygens (including phenoxy) is 2. The van der Waals surface area contributed by atoms with Crippen LogP contribution in [0.4, 0.5) is 10.1 Å². The molecule has 1 atom stereocenters. The molecule has 234 valence electrons. The molecule has 0 saturated carbocycles. The molecule has 0 aliphatic rings. The van der Waals surface area contributed by atoms with Gasteiger partial charge in [-0.05, 0) is 66.2 Å². The molecule has 1 unspecified atom stereocenters. The number of nitrogens with one attached hydrogen (secondary N) is 1. The summed E-state index contributed by atoms with van der Waals surface area (Å²) in [6, 6.07) is 19.4. The first-order valence-corrected chi connectivity index (χ1v) is 15.5. The van der Waals surface area contributed by atoms with Gasteiger partial charge < -0.3 is 23.6 Å². The van der Waals surface area contributed by atoms with Crippen molar-refractivity contribution in [1.29, 1.82) is 0 Å². The molecular formula is C34H28FN3O7S. The molecule has 6 rings (SSSR count). The average Bonchev–Trinajstić information content (AvgIpc) is 3.67. The van der Waals surface area contributed by atoms with Gasteiger partial charge in [-0.3, -0.25) is 9.10 Å². The second-order valence-electron chi connectivity index (χ2n) is 10.3. The number of hydrogen-bond donors (Lipinski definition) is 1. The van der Waals surface area contributed by atoms with Crippen molar-refractivity contribution < 1.29 is 36.5 Å². The van der Waals surface area contributed by atoms with E-state index in [0.717, 1.165) is 0 Å². The highest BCUT2D eigenvalue weighted by molar-refractivity contribution is 7.85. The molecule has 2 aromatic heterocycles. The number of nitrogens with zero attached hydrogens (tertiary/aromatic N) is 2. The maximum atomic E-state index is 13.7. The minimum absolute atomic E-state index is 0.249. The second-order valence-corrected chi connectivity index (χ2v) is 11.7. The van der Waals surface area contributed by atoms with Crippen LogP contribution in [0, 0.1) is 5.82 Å². The summed E-state index contributed by atoms with van der Waals surface area (Å²) in [7, 11) is 4.61. The van der Waals surface area contributed by atoms with Gasteiger partial charge in [0.05, 0.1) is 36.6 Å². The number of carbonyl (C=O) groups excluding carboxylic acids is 2. The molecule has 4 aromatic carbocycles. The first-order valence-electron chi connectivity index (χ1n) is 14.0. The van der Waals surface area contributed by atoms with E-state index in [4.69, 9.17) is 18.3 Å². The van der Waals surface area contributed by atoms with Crippen LogP contribution in [0.2, 0.25) is 0 Å². The quantitative estimate of drug-likeness (QED) is 0.185. The number of carbonyl (C=O) groups is 2. The van der Waals surface area contributed by atoms with Crippen molar-refractivity contribution in [3.8, 4) is 39.7 Å². The van der Waals surface area contributed by atoms with E-state index in [1.165, 1.54) is 33.4 Å². The van der Waals surface area contributed by atoms with E-state index in [9.17, 15) is 18.2 Å².